The largest absolute Gasteiger partial charge is 0.498 e. The topological polar surface area (TPSA) is 26.3 Å². The molecule has 15 heavy (non-hydrogen) atoms. The highest BCUT2D eigenvalue weighted by atomic mass is 16.5. The highest BCUT2D eigenvalue weighted by molar-refractivity contribution is 5.94. The lowest BCUT2D eigenvalue weighted by molar-refractivity contribution is -0.117. The van der Waals surface area contributed by atoms with E-state index in [1.807, 2.05) is 6.08 Å². The summed E-state index contributed by atoms with van der Waals surface area (Å²) in [5, 5.41) is 0. The van der Waals surface area contributed by atoms with E-state index in [1.54, 1.807) is 6.08 Å². The van der Waals surface area contributed by atoms with Crippen molar-refractivity contribution < 1.29 is 9.53 Å². The fourth-order valence-corrected chi connectivity index (χ4v) is 1.62. The molecule has 2 nitrogen and oxygen atoms in total. The second-order valence-electron chi connectivity index (χ2n) is 4.48. The van der Waals surface area contributed by atoms with Gasteiger partial charge in [0.05, 0.1) is 6.61 Å². The molecule has 0 aromatic rings. The lowest BCUT2D eigenvalue weighted by Gasteiger charge is -2.10. The van der Waals surface area contributed by atoms with E-state index in [4.69, 9.17) is 4.74 Å². The Morgan fingerprint density at radius 1 is 1.67 bits per heavy atom. The molecule has 1 atom stereocenters. The second kappa shape index (κ2) is 5.74. The molecule has 0 aromatic heterocycles. The first-order valence-electron chi connectivity index (χ1n) is 5.61. The molecule has 0 amide bonds. The minimum Gasteiger partial charge on any atom is -0.498 e. The molecule has 0 spiro atoms. The summed E-state index contributed by atoms with van der Waals surface area (Å²) in [5.41, 5.74) is 0. The average Bonchev–Trinajstić information content (AvgIpc) is 2.53. The third-order valence-corrected chi connectivity index (χ3v) is 2.47. The molecule has 1 unspecified atom stereocenters. The van der Waals surface area contributed by atoms with Gasteiger partial charge in [0.2, 0.25) is 0 Å². The molecule has 0 saturated heterocycles. The minimum atomic E-state index is 0.130. The van der Waals surface area contributed by atoms with Gasteiger partial charge in [0, 0.05) is 18.4 Å². The van der Waals surface area contributed by atoms with Crippen LogP contribution in [0.1, 0.15) is 33.1 Å². The van der Waals surface area contributed by atoms with Gasteiger partial charge in [0.1, 0.15) is 5.76 Å². The molecule has 0 aromatic carbocycles. The monoisotopic (exact) mass is 208 g/mol. The van der Waals surface area contributed by atoms with Crippen LogP contribution in [-0.2, 0) is 9.53 Å². The van der Waals surface area contributed by atoms with Gasteiger partial charge in [0.25, 0.3) is 0 Å². The Balaban J connectivity index is 2.35. The van der Waals surface area contributed by atoms with E-state index in [0.717, 1.165) is 25.0 Å². The van der Waals surface area contributed by atoms with Crippen molar-refractivity contribution in [3.05, 3.63) is 24.5 Å². The summed E-state index contributed by atoms with van der Waals surface area (Å²) < 4.78 is 5.56. The van der Waals surface area contributed by atoms with Crippen molar-refractivity contribution in [3.8, 4) is 0 Å². The molecule has 2 heteroatoms. The van der Waals surface area contributed by atoms with Crippen molar-refractivity contribution in [2.75, 3.05) is 6.61 Å². The third-order valence-electron chi connectivity index (χ3n) is 2.47. The van der Waals surface area contributed by atoms with Gasteiger partial charge in [-0.25, -0.2) is 0 Å². The number of rotatable bonds is 6. The molecule has 1 aliphatic carbocycles. The molecule has 0 saturated carbocycles. The Bertz CT molecular complexity index is 264. The molecule has 1 aliphatic rings. The zero-order chi connectivity index (χ0) is 11.3. The number of carbonyl (C=O) groups is 1. The van der Waals surface area contributed by atoms with Gasteiger partial charge in [-0.15, -0.1) is 6.58 Å². The summed E-state index contributed by atoms with van der Waals surface area (Å²) in [5.74, 6) is 1.72. The standard InChI is InChI=1S/C13H20O2/c1-4-5-6-11-7-12(8-13(11)14)15-9-10(2)3/h4,8,10-11H,1,5-7,9H2,2-3H3. The first-order valence-corrected chi connectivity index (χ1v) is 5.61. The van der Waals surface area contributed by atoms with E-state index in [2.05, 4.69) is 20.4 Å². The minimum absolute atomic E-state index is 0.130. The van der Waals surface area contributed by atoms with Crippen molar-refractivity contribution in [1.82, 2.24) is 0 Å². The average molecular weight is 208 g/mol. The molecular formula is C13H20O2. The molecule has 0 bridgehead atoms. The van der Waals surface area contributed by atoms with Crippen LogP contribution < -0.4 is 0 Å². The molecule has 1 rings (SSSR count). The van der Waals surface area contributed by atoms with Crippen LogP contribution in [0.5, 0.6) is 0 Å². The van der Waals surface area contributed by atoms with Crippen LogP contribution in [0.2, 0.25) is 0 Å². The van der Waals surface area contributed by atoms with Crippen LogP contribution in [0.15, 0.2) is 24.5 Å². The summed E-state index contributed by atoms with van der Waals surface area (Å²) in [6.45, 7) is 8.57. The van der Waals surface area contributed by atoms with E-state index < -0.39 is 0 Å². The highest BCUT2D eigenvalue weighted by Crippen LogP contribution is 2.26. The number of carbonyl (C=O) groups excluding carboxylic acids is 1. The summed E-state index contributed by atoms with van der Waals surface area (Å²) in [6.07, 6.45) is 6.10. The lowest BCUT2D eigenvalue weighted by atomic mass is 10.00. The van der Waals surface area contributed by atoms with Crippen LogP contribution in [0, 0.1) is 11.8 Å². The van der Waals surface area contributed by atoms with Crippen molar-refractivity contribution in [3.63, 3.8) is 0 Å². The molecule has 84 valence electrons. The maximum absolute atomic E-state index is 11.5. The smallest absolute Gasteiger partial charge is 0.162 e. The Morgan fingerprint density at radius 2 is 2.40 bits per heavy atom. The Morgan fingerprint density at radius 3 is 3.00 bits per heavy atom. The summed E-state index contributed by atoms with van der Waals surface area (Å²) in [7, 11) is 0. The lowest BCUT2D eigenvalue weighted by Crippen LogP contribution is -2.06. The van der Waals surface area contributed by atoms with E-state index in [0.29, 0.717) is 12.5 Å². The molecule has 0 fully saturated rings. The maximum atomic E-state index is 11.5. The van der Waals surface area contributed by atoms with E-state index in [9.17, 15) is 4.79 Å². The zero-order valence-electron chi connectivity index (χ0n) is 9.66. The summed E-state index contributed by atoms with van der Waals surface area (Å²) in [6, 6.07) is 0. The van der Waals surface area contributed by atoms with Gasteiger partial charge >= 0.3 is 0 Å². The third kappa shape index (κ3) is 3.90. The molecule has 0 N–H and O–H groups in total. The predicted molar refractivity (Wildman–Crippen MR) is 61.4 cm³/mol. The van der Waals surface area contributed by atoms with Gasteiger partial charge in [-0.05, 0) is 18.8 Å². The van der Waals surface area contributed by atoms with Gasteiger partial charge in [-0.1, -0.05) is 19.9 Å². The Hall–Kier alpha value is -1.05. The highest BCUT2D eigenvalue weighted by Gasteiger charge is 2.25. The SMILES string of the molecule is C=CCCC1CC(OCC(C)C)=CC1=O. The van der Waals surface area contributed by atoms with E-state index >= 15 is 0 Å². The summed E-state index contributed by atoms with van der Waals surface area (Å²) >= 11 is 0. The van der Waals surface area contributed by atoms with E-state index in [1.165, 1.54) is 0 Å². The maximum Gasteiger partial charge on any atom is 0.162 e. The molecular weight excluding hydrogens is 188 g/mol. The molecule has 0 radical (unpaired) electrons. The normalized spacial score (nSPS) is 20.6. The van der Waals surface area contributed by atoms with Crippen LogP contribution in [-0.4, -0.2) is 12.4 Å². The quantitative estimate of drug-likeness (QED) is 0.627. The van der Waals surface area contributed by atoms with Crippen LogP contribution in [0.3, 0.4) is 0 Å². The van der Waals surface area contributed by atoms with Crippen LogP contribution in [0.25, 0.3) is 0 Å². The molecule has 0 aliphatic heterocycles. The number of hydrogen-bond donors (Lipinski definition) is 0. The number of ketones is 1. The van der Waals surface area contributed by atoms with Crippen LogP contribution in [0.4, 0.5) is 0 Å². The van der Waals surface area contributed by atoms with Gasteiger partial charge in [-0.3, -0.25) is 4.79 Å². The Kier molecular flexibility index (Phi) is 4.60. The predicted octanol–water partition coefficient (Wildman–Crippen LogP) is 3.10. The van der Waals surface area contributed by atoms with Crippen molar-refractivity contribution in [2.45, 2.75) is 33.1 Å². The van der Waals surface area contributed by atoms with Crippen LogP contribution >= 0.6 is 0 Å². The second-order valence-corrected chi connectivity index (χ2v) is 4.48. The summed E-state index contributed by atoms with van der Waals surface area (Å²) in [4.78, 5) is 11.5. The van der Waals surface area contributed by atoms with Gasteiger partial charge in [-0.2, -0.15) is 0 Å². The van der Waals surface area contributed by atoms with Crippen molar-refractivity contribution in [2.24, 2.45) is 11.8 Å². The first kappa shape index (κ1) is 12.0. The number of ether oxygens (including phenoxy) is 1. The zero-order valence-corrected chi connectivity index (χ0v) is 9.66. The van der Waals surface area contributed by atoms with Crippen molar-refractivity contribution >= 4 is 5.78 Å². The van der Waals surface area contributed by atoms with E-state index in [-0.39, 0.29) is 11.7 Å². The fourth-order valence-electron chi connectivity index (χ4n) is 1.62. The number of allylic oxidation sites excluding steroid dienone is 3. The first-order chi connectivity index (χ1) is 7.13. The Labute approximate surface area is 92.0 Å². The van der Waals surface area contributed by atoms with Crippen molar-refractivity contribution in [1.29, 1.82) is 0 Å². The fraction of sp³-hybridized carbons (Fsp3) is 0.615. The van der Waals surface area contributed by atoms with Gasteiger partial charge < -0.3 is 4.74 Å². The molecule has 0 heterocycles. The number of hydrogen-bond acceptors (Lipinski definition) is 2. The van der Waals surface area contributed by atoms with Gasteiger partial charge in [0.15, 0.2) is 5.78 Å².